The van der Waals surface area contributed by atoms with Gasteiger partial charge in [0.2, 0.25) is 0 Å². The van der Waals surface area contributed by atoms with Crippen molar-refractivity contribution >= 4 is 27.0 Å². The lowest BCUT2D eigenvalue weighted by molar-refractivity contribution is -0.138. The van der Waals surface area contributed by atoms with Crippen molar-refractivity contribution < 1.29 is 13.2 Å². The van der Waals surface area contributed by atoms with Gasteiger partial charge in [-0.15, -0.1) is 0 Å². The fourth-order valence-corrected chi connectivity index (χ4v) is 4.32. The topological polar surface area (TPSA) is 31.9 Å². The second kappa shape index (κ2) is 7.52. The highest BCUT2D eigenvalue weighted by molar-refractivity contribution is 9.10. The molecule has 148 valence electrons. The van der Waals surface area contributed by atoms with Gasteiger partial charge in [0.15, 0.2) is 0 Å². The highest BCUT2D eigenvalue weighted by Crippen LogP contribution is 2.35. The Morgan fingerprint density at radius 2 is 2.00 bits per heavy atom. The quantitative estimate of drug-likeness (QED) is 0.500. The Morgan fingerprint density at radius 3 is 2.79 bits per heavy atom. The van der Waals surface area contributed by atoms with E-state index in [9.17, 15) is 13.2 Å². The van der Waals surface area contributed by atoms with E-state index < -0.39 is 11.7 Å². The van der Waals surface area contributed by atoms with Gasteiger partial charge in [-0.05, 0) is 61.7 Å². The average Bonchev–Trinajstić information content (AvgIpc) is 3.05. The van der Waals surface area contributed by atoms with Gasteiger partial charge in [0, 0.05) is 11.0 Å². The molecule has 2 aromatic carbocycles. The minimum absolute atomic E-state index is 0.0792. The van der Waals surface area contributed by atoms with E-state index in [1.807, 2.05) is 18.2 Å². The summed E-state index contributed by atoms with van der Waals surface area (Å²) < 4.78 is 40.8. The summed E-state index contributed by atoms with van der Waals surface area (Å²) in [5.74, 6) is 0.885. The lowest BCUT2D eigenvalue weighted by Crippen LogP contribution is -2.33. The largest absolute Gasteiger partial charge is 0.416 e. The van der Waals surface area contributed by atoms with Gasteiger partial charge in [-0.3, -0.25) is 4.90 Å². The van der Waals surface area contributed by atoms with E-state index in [1.165, 1.54) is 13.0 Å². The van der Waals surface area contributed by atoms with Crippen LogP contribution in [-0.2, 0) is 12.7 Å². The fourth-order valence-electron chi connectivity index (χ4n) is 3.96. The minimum atomic E-state index is -4.33. The van der Waals surface area contributed by atoms with Crippen LogP contribution in [0.25, 0.3) is 11.0 Å². The zero-order chi connectivity index (χ0) is 19.9. The second-order valence-electron chi connectivity index (χ2n) is 7.41. The predicted octanol–water partition coefficient (Wildman–Crippen LogP) is 6.38. The van der Waals surface area contributed by atoms with Crippen LogP contribution in [0.2, 0.25) is 0 Å². The van der Waals surface area contributed by atoms with Crippen molar-refractivity contribution in [1.29, 1.82) is 0 Å². The summed E-state index contributed by atoms with van der Waals surface area (Å²) in [6, 6.07) is 10.6. The summed E-state index contributed by atoms with van der Waals surface area (Å²) in [4.78, 5) is 10.4. The Hall–Kier alpha value is -1.86. The van der Waals surface area contributed by atoms with Crippen LogP contribution in [-0.4, -0.2) is 21.4 Å². The molecule has 1 N–H and O–H groups in total. The number of aromatic nitrogens is 2. The highest BCUT2D eigenvalue weighted by atomic mass is 79.9. The number of piperidine rings is 1. The van der Waals surface area contributed by atoms with E-state index >= 15 is 0 Å². The number of rotatable bonds is 3. The third kappa shape index (κ3) is 3.96. The van der Waals surface area contributed by atoms with Crippen molar-refractivity contribution in [3.05, 3.63) is 63.4 Å². The molecule has 0 bridgehead atoms. The zero-order valence-corrected chi connectivity index (χ0v) is 17.1. The molecule has 28 heavy (non-hydrogen) atoms. The number of aryl methyl sites for hydroxylation is 1. The molecule has 7 heteroatoms. The molecule has 0 amide bonds. The van der Waals surface area contributed by atoms with E-state index in [1.54, 1.807) is 12.1 Å². The molecule has 3 aromatic rings. The Kier molecular flexibility index (Phi) is 5.22. The van der Waals surface area contributed by atoms with E-state index in [-0.39, 0.29) is 11.6 Å². The molecular weight excluding hydrogens is 431 g/mol. The summed E-state index contributed by atoms with van der Waals surface area (Å²) >= 11 is 3.47. The van der Waals surface area contributed by atoms with Crippen LogP contribution in [0.3, 0.4) is 0 Å². The number of aromatic amines is 1. The summed E-state index contributed by atoms with van der Waals surface area (Å²) in [6.45, 7) is 2.83. The van der Waals surface area contributed by atoms with Gasteiger partial charge in [-0.1, -0.05) is 34.5 Å². The maximum Gasteiger partial charge on any atom is 0.416 e. The predicted molar refractivity (Wildman–Crippen MR) is 107 cm³/mol. The number of halogens is 4. The third-order valence-corrected chi connectivity index (χ3v) is 5.88. The molecule has 1 aliphatic rings. The monoisotopic (exact) mass is 451 g/mol. The molecular formula is C21H21BrF3N3. The standard InChI is InChI=1S/C21H21BrF3N3/c1-13-5-6-14(10-16(13)21(23,24)25)12-28-9-3-2-4-19(28)20-26-17-8-7-15(22)11-18(17)27-20/h5-8,10-11,19H,2-4,9,12H2,1H3,(H,26,27). The van der Waals surface area contributed by atoms with Crippen LogP contribution < -0.4 is 0 Å². The lowest BCUT2D eigenvalue weighted by atomic mass is 9.99. The first-order valence-corrected chi connectivity index (χ1v) is 10.2. The molecule has 1 aromatic heterocycles. The molecule has 0 saturated carbocycles. The van der Waals surface area contributed by atoms with E-state index in [0.717, 1.165) is 47.1 Å². The Balaban J connectivity index is 1.62. The van der Waals surface area contributed by atoms with Gasteiger partial charge >= 0.3 is 6.18 Å². The van der Waals surface area contributed by atoms with E-state index in [0.29, 0.717) is 12.1 Å². The maximum atomic E-state index is 13.3. The molecule has 0 aliphatic carbocycles. The summed E-state index contributed by atoms with van der Waals surface area (Å²) in [7, 11) is 0. The van der Waals surface area contributed by atoms with E-state index in [2.05, 4.69) is 25.8 Å². The van der Waals surface area contributed by atoms with Crippen molar-refractivity contribution in [2.75, 3.05) is 6.54 Å². The Labute approximate surface area is 170 Å². The van der Waals surface area contributed by atoms with Crippen LogP contribution in [0.5, 0.6) is 0 Å². The van der Waals surface area contributed by atoms with Gasteiger partial charge in [-0.25, -0.2) is 4.98 Å². The number of H-pyrrole nitrogens is 1. The Bertz CT molecular complexity index is 996. The normalized spacial score (nSPS) is 18.7. The van der Waals surface area contributed by atoms with Crippen molar-refractivity contribution in [3.63, 3.8) is 0 Å². The van der Waals surface area contributed by atoms with Crippen LogP contribution in [0.1, 0.15) is 47.8 Å². The first-order chi connectivity index (χ1) is 13.3. The van der Waals surface area contributed by atoms with Crippen molar-refractivity contribution in [3.8, 4) is 0 Å². The third-order valence-electron chi connectivity index (χ3n) is 5.38. The highest BCUT2D eigenvalue weighted by Gasteiger charge is 2.33. The number of nitrogens with one attached hydrogen (secondary N) is 1. The number of imidazole rings is 1. The number of nitrogens with zero attached hydrogens (tertiary/aromatic N) is 2. The number of fused-ring (bicyclic) bond motifs is 1. The summed E-state index contributed by atoms with van der Waals surface area (Å²) in [5.41, 5.74) is 2.26. The molecule has 4 rings (SSSR count). The first-order valence-electron chi connectivity index (χ1n) is 9.37. The van der Waals surface area contributed by atoms with Gasteiger partial charge in [0.1, 0.15) is 5.82 Å². The zero-order valence-electron chi connectivity index (χ0n) is 15.5. The Morgan fingerprint density at radius 1 is 1.18 bits per heavy atom. The number of hydrogen-bond acceptors (Lipinski definition) is 2. The second-order valence-corrected chi connectivity index (χ2v) is 8.33. The van der Waals surface area contributed by atoms with Crippen LogP contribution >= 0.6 is 15.9 Å². The van der Waals surface area contributed by atoms with Crippen molar-refractivity contribution in [2.45, 2.75) is 44.9 Å². The van der Waals surface area contributed by atoms with Crippen LogP contribution in [0.15, 0.2) is 40.9 Å². The van der Waals surface area contributed by atoms with Gasteiger partial charge < -0.3 is 4.98 Å². The van der Waals surface area contributed by atoms with Crippen molar-refractivity contribution in [2.24, 2.45) is 0 Å². The van der Waals surface area contributed by atoms with Crippen LogP contribution in [0, 0.1) is 6.92 Å². The molecule has 1 fully saturated rings. The smallest absolute Gasteiger partial charge is 0.341 e. The van der Waals surface area contributed by atoms with Gasteiger partial charge in [0.25, 0.3) is 0 Å². The summed E-state index contributed by atoms with van der Waals surface area (Å²) in [6.07, 6.45) is -1.25. The first kappa shape index (κ1) is 19.5. The average molecular weight is 452 g/mol. The molecule has 1 saturated heterocycles. The molecule has 0 spiro atoms. The summed E-state index contributed by atoms with van der Waals surface area (Å²) in [5, 5.41) is 0. The number of hydrogen-bond donors (Lipinski definition) is 1. The maximum absolute atomic E-state index is 13.3. The molecule has 1 unspecified atom stereocenters. The van der Waals surface area contributed by atoms with E-state index in [4.69, 9.17) is 4.98 Å². The SMILES string of the molecule is Cc1ccc(CN2CCCCC2c2nc3ccc(Br)cc3[nH]2)cc1C(F)(F)F. The van der Waals surface area contributed by atoms with Crippen molar-refractivity contribution in [1.82, 2.24) is 14.9 Å². The van der Waals surface area contributed by atoms with Gasteiger partial charge in [-0.2, -0.15) is 13.2 Å². The lowest BCUT2D eigenvalue weighted by Gasteiger charge is -2.34. The van der Waals surface area contributed by atoms with Gasteiger partial charge in [0.05, 0.1) is 22.6 Å². The molecule has 3 nitrogen and oxygen atoms in total. The number of benzene rings is 2. The molecule has 1 atom stereocenters. The number of alkyl halides is 3. The van der Waals surface area contributed by atoms with Crippen LogP contribution in [0.4, 0.5) is 13.2 Å². The molecule has 2 heterocycles. The molecule has 1 aliphatic heterocycles. The number of likely N-dealkylation sites (tertiary alicyclic amines) is 1. The fraction of sp³-hybridized carbons (Fsp3) is 0.381. The molecule has 0 radical (unpaired) electrons. The minimum Gasteiger partial charge on any atom is -0.341 e.